The van der Waals surface area contributed by atoms with E-state index < -0.39 is 144 Å². The fraction of sp³-hybridized carbons (Fsp3) is 0.140. The van der Waals surface area contributed by atoms with Crippen LogP contribution >= 0.6 is 0 Å². The first-order valence-electron chi connectivity index (χ1n) is 18.9. The Morgan fingerprint density at radius 2 is 0.721 bits per heavy atom. The zero-order valence-corrected chi connectivity index (χ0v) is 33.1. The van der Waals surface area contributed by atoms with Crippen molar-refractivity contribution in [2.75, 3.05) is 0 Å². The topological polar surface area (TPSA) is 47.2 Å². The number of carbonyl (C=O) groups excluding carboxylic acids is 2. The van der Waals surface area contributed by atoms with E-state index in [4.69, 9.17) is 4.74 Å². The summed E-state index contributed by atoms with van der Waals surface area (Å²) >= 11 is 0. The van der Waals surface area contributed by atoms with E-state index in [-0.39, 0.29) is 24.4 Å². The molecule has 5 aromatic carbocycles. The molecule has 6 aromatic rings. The van der Waals surface area contributed by atoms with Crippen molar-refractivity contribution in [1.82, 2.24) is 0 Å². The predicted octanol–water partition coefficient (Wildman–Crippen LogP) is 8.80. The average molecular weight is 989 g/mol. The Bertz CT molecular complexity index is 2640. The fourth-order valence-electron chi connectivity index (χ4n) is 7.76. The van der Waals surface area contributed by atoms with Gasteiger partial charge in [0.2, 0.25) is 12.3 Å². The Labute approximate surface area is 366 Å². The summed E-state index contributed by atoms with van der Waals surface area (Å²) in [6.07, 6.45) is -1.38. The molecule has 1 fully saturated rings. The van der Waals surface area contributed by atoms with Gasteiger partial charge in [-0.25, -0.2) is 92.6 Å². The molecule has 0 amide bonds. The summed E-state index contributed by atoms with van der Waals surface area (Å²) in [5, 5.41) is 0. The van der Waals surface area contributed by atoms with E-state index in [2.05, 4.69) is 0 Å². The standard InChI is InChI=1S/C24BF20.C19H20NO3/c26-5-1(6(27)14(35)21(42)13(5)34)25(2-7(28)15(36)22(43)16(37)8(2)29,3-9(30)17(38)23(44)18(39)10(3)31)4-11(32)19(40)24(45)20(41)12(4)33;21-18(15-8-2-1-3-9-15)14-20-13-7-6-12-17(20)19(22)23-16-10-4-5-11-16/h;1-3,6-9,12-13,16H,4-5,10-11,14H2/q-1;+1. The lowest BCUT2D eigenvalue weighted by Gasteiger charge is -2.44. The molecule has 4 nitrogen and oxygen atoms in total. The van der Waals surface area contributed by atoms with E-state index in [1.165, 1.54) is 0 Å². The zero-order chi connectivity index (χ0) is 50.4. The first kappa shape index (κ1) is 50.5. The number of ether oxygens (including phenoxy) is 1. The molecule has 1 aliphatic rings. The number of benzene rings is 5. The number of hydrogen-bond acceptors (Lipinski definition) is 3. The molecule has 0 aliphatic heterocycles. The van der Waals surface area contributed by atoms with E-state index in [1.807, 2.05) is 24.3 Å². The van der Waals surface area contributed by atoms with Crippen molar-refractivity contribution >= 4 is 39.7 Å². The Hall–Kier alpha value is -6.95. The lowest BCUT2D eigenvalue weighted by molar-refractivity contribution is -0.685. The molecule has 1 heterocycles. The maximum atomic E-state index is 15.4. The van der Waals surface area contributed by atoms with E-state index in [0.29, 0.717) is 11.3 Å². The highest BCUT2D eigenvalue weighted by molar-refractivity contribution is 7.20. The molecule has 358 valence electrons. The van der Waals surface area contributed by atoms with Crippen LogP contribution in [0.1, 0.15) is 46.5 Å². The Kier molecular flexibility index (Phi) is 14.4. The molecule has 1 aromatic heterocycles. The van der Waals surface area contributed by atoms with Crippen molar-refractivity contribution < 1.29 is 107 Å². The molecule has 1 aliphatic carbocycles. The summed E-state index contributed by atoms with van der Waals surface area (Å²) in [5.74, 6) is -71.8. The number of aromatic nitrogens is 1. The third-order valence-corrected chi connectivity index (χ3v) is 10.8. The van der Waals surface area contributed by atoms with Crippen LogP contribution in [-0.2, 0) is 11.3 Å². The van der Waals surface area contributed by atoms with Crippen LogP contribution in [0.5, 0.6) is 0 Å². The van der Waals surface area contributed by atoms with Crippen LogP contribution in [0.3, 0.4) is 0 Å². The number of esters is 1. The smallest absolute Gasteiger partial charge is 0.403 e. The van der Waals surface area contributed by atoms with Crippen LogP contribution in [0.4, 0.5) is 87.8 Å². The summed E-state index contributed by atoms with van der Waals surface area (Å²) < 4.78 is 301. The summed E-state index contributed by atoms with van der Waals surface area (Å²) in [7, 11) is 0. The molecule has 0 unspecified atom stereocenters. The minimum absolute atomic E-state index is 0.0148. The van der Waals surface area contributed by atoms with Crippen LogP contribution in [-0.4, -0.2) is 24.0 Å². The van der Waals surface area contributed by atoms with Gasteiger partial charge < -0.3 is 4.74 Å². The normalized spacial score (nSPS) is 12.9. The summed E-state index contributed by atoms with van der Waals surface area (Å²) in [4.78, 5) is 24.7. The van der Waals surface area contributed by atoms with Crippen molar-refractivity contribution in [1.29, 1.82) is 0 Å². The summed E-state index contributed by atoms with van der Waals surface area (Å²) in [6, 6.07) is 14.4. The molecule has 7 rings (SSSR count). The molecule has 0 spiro atoms. The molecule has 0 radical (unpaired) electrons. The van der Waals surface area contributed by atoms with Gasteiger partial charge in [-0.1, -0.05) is 30.3 Å². The number of rotatable bonds is 9. The maximum Gasteiger partial charge on any atom is 0.403 e. The lowest BCUT2D eigenvalue weighted by Crippen LogP contribution is -2.81. The van der Waals surface area contributed by atoms with Gasteiger partial charge in [0.05, 0.1) is 0 Å². The molecule has 0 saturated heterocycles. The van der Waals surface area contributed by atoms with Crippen LogP contribution in [0.2, 0.25) is 0 Å². The van der Waals surface area contributed by atoms with Crippen molar-refractivity contribution in [2.45, 2.75) is 38.3 Å². The summed E-state index contributed by atoms with van der Waals surface area (Å²) in [5.41, 5.74) is -13.3. The van der Waals surface area contributed by atoms with Gasteiger partial charge in [-0.15, -0.1) is 21.9 Å². The first-order valence-corrected chi connectivity index (χ1v) is 18.9. The highest BCUT2D eigenvalue weighted by Crippen LogP contribution is 2.31. The van der Waals surface area contributed by atoms with Gasteiger partial charge in [0.25, 0.3) is 5.69 Å². The SMILES string of the molecule is Fc1c(F)c(F)c([B-](c2c(F)c(F)c(F)c(F)c2F)(c2c(F)c(F)c(F)c(F)c2F)c2c(F)c(F)c(F)c(F)c2F)c(F)c1F.O=C(C[n+]1ccccc1C(=O)OC1CCCC1)c1ccccc1. The van der Waals surface area contributed by atoms with Gasteiger partial charge in [-0.05, 0) is 31.7 Å². The van der Waals surface area contributed by atoms with E-state index in [1.54, 1.807) is 35.0 Å². The van der Waals surface area contributed by atoms with Gasteiger partial charge in [-0.3, -0.25) is 4.79 Å². The summed E-state index contributed by atoms with van der Waals surface area (Å²) in [6.45, 7) is 0.125. The second kappa shape index (κ2) is 19.3. The predicted molar refractivity (Wildman–Crippen MR) is 194 cm³/mol. The van der Waals surface area contributed by atoms with Gasteiger partial charge in [0.15, 0.2) is 76.0 Å². The molecular formula is C43H20BF20NO3. The third kappa shape index (κ3) is 8.28. The number of carbonyl (C=O) groups is 2. The fourth-order valence-corrected chi connectivity index (χ4v) is 7.76. The zero-order valence-electron chi connectivity index (χ0n) is 33.1. The van der Waals surface area contributed by atoms with Gasteiger partial charge in [-0.2, -0.15) is 4.57 Å². The minimum atomic E-state index is -7.22. The van der Waals surface area contributed by atoms with E-state index >= 15 is 35.1 Å². The van der Waals surface area contributed by atoms with Crippen LogP contribution in [0.15, 0.2) is 54.7 Å². The molecular weight excluding hydrogens is 969 g/mol. The monoisotopic (exact) mass is 989 g/mol. The lowest BCUT2D eigenvalue weighted by atomic mass is 9.12. The second-order valence-corrected chi connectivity index (χ2v) is 14.6. The number of nitrogens with zero attached hydrogens (tertiary/aromatic N) is 1. The third-order valence-electron chi connectivity index (χ3n) is 10.8. The number of pyridine rings is 1. The van der Waals surface area contributed by atoms with Gasteiger partial charge in [0.1, 0.15) is 58.8 Å². The average Bonchev–Trinajstić information content (AvgIpc) is 3.85. The number of halogens is 20. The highest BCUT2D eigenvalue weighted by Gasteiger charge is 2.52. The second-order valence-electron chi connectivity index (χ2n) is 14.6. The number of Topliss-reactive ketones (excluding diaryl/α,β-unsaturated/α-hetero) is 1. The van der Waals surface area contributed by atoms with E-state index in [9.17, 15) is 62.3 Å². The van der Waals surface area contributed by atoms with Crippen molar-refractivity contribution in [2.24, 2.45) is 0 Å². The van der Waals surface area contributed by atoms with Gasteiger partial charge >= 0.3 is 5.97 Å². The van der Waals surface area contributed by atoms with Crippen LogP contribution in [0, 0.1) is 116 Å². The largest absolute Gasteiger partial charge is 0.454 e. The van der Waals surface area contributed by atoms with Crippen molar-refractivity contribution in [3.63, 3.8) is 0 Å². The quantitative estimate of drug-likeness (QED) is 0.0277. The minimum Gasteiger partial charge on any atom is -0.454 e. The van der Waals surface area contributed by atoms with Crippen LogP contribution < -0.4 is 26.4 Å². The van der Waals surface area contributed by atoms with Crippen LogP contribution in [0.25, 0.3) is 0 Å². The van der Waals surface area contributed by atoms with Crippen molar-refractivity contribution in [3.8, 4) is 0 Å². The molecule has 0 N–H and O–H groups in total. The van der Waals surface area contributed by atoms with E-state index in [0.717, 1.165) is 25.7 Å². The molecule has 68 heavy (non-hydrogen) atoms. The molecule has 25 heteroatoms. The molecule has 1 saturated carbocycles. The first-order chi connectivity index (χ1) is 31.9. The highest BCUT2D eigenvalue weighted by atomic mass is 19.2. The molecule has 0 bridgehead atoms. The maximum absolute atomic E-state index is 15.4. The Morgan fingerprint density at radius 1 is 0.426 bits per heavy atom. The number of hydrogen-bond donors (Lipinski definition) is 0. The Balaban J connectivity index is 0.000000276. The number of ketones is 1. The van der Waals surface area contributed by atoms with Crippen molar-refractivity contribution in [3.05, 3.63) is 182 Å². The Morgan fingerprint density at radius 3 is 1.04 bits per heavy atom. The molecule has 0 atom stereocenters. The van der Waals surface area contributed by atoms with Gasteiger partial charge in [0, 0.05) is 17.7 Å².